The SMILES string of the molecule is CC(=O)ONC(=NCc1cccnc1)c1ncc(C(F)(F)F)cc1Cl. The Bertz CT molecular complexity index is 782. The van der Waals surface area contributed by atoms with Crippen LogP contribution in [0.5, 0.6) is 0 Å². The van der Waals surface area contributed by atoms with E-state index in [-0.39, 0.29) is 23.1 Å². The van der Waals surface area contributed by atoms with Gasteiger partial charge in [0.05, 0.1) is 17.1 Å². The van der Waals surface area contributed by atoms with E-state index >= 15 is 0 Å². The number of hydrogen-bond acceptors (Lipinski definition) is 5. The second kappa shape index (κ2) is 7.93. The number of amidine groups is 1. The number of aliphatic imine (C=N–C) groups is 1. The number of nitrogens with zero attached hydrogens (tertiary/aromatic N) is 3. The first-order chi connectivity index (χ1) is 11.8. The highest BCUT2D eigenvalue weighted by Gasteiger charge is 2.32. The van der Waals surface area contributed by atoms with E-state index in [0.29, 0.717) is 6.20 Å². The maximum Gasteiger partial charge on any atom is 0.417 e. The van der Waals surface area contributed by atoms with Crippen molar-refractivity contribution in [1.82, 2.24) is 15.4 Å². The van der Waals surface area contributed by atoms with Crippen LogP contribution in [0.15, 0.2) is 41.8 Å². The average Bonchev–Trinajstić information content (AvgIpc) is 2.55. The smallest absolute Gasteiger partial charge is 0.342 e. The van der Waals surface area contributed by atoms with Gasteiger partial charge in [-0.05, 0) is 17.7 Å². The van der Waals surface area contributed by atoms with Crippen molar-refractivity contribution in [3.8, 4) is 0 Å². The minimum atomic E-state index is -4.58. The highest BCUT2D eigenvalue weighted by Crippen LogP contribution is 2.31. The van der Waals surface area contributed by atoms with E-state index in [1.165, 1.54) is 0 Å². The van der Waals surface area contributed by atoms with Crippen LogP contribution in [0.3, 0.4) is 0 Å². The summed E-state index contributed by atoms with van der Waals surface area (Å²) in [6, 6.07) is 4.17. The van der Waals surface area contributed by atoms with E-state index in [1.54, 1.807) is 24.5 Å². The third-order valence-electron chi connectivity index (χ3n) is 2.83. The molecule has 2 heterocycles. The van der Waals surface area contributed by atoms with E-state index in [9.17, 15) is 18.0 Å². The van der Waals surface area contributed by atoms with Gasteiger partial charge >= 0.3 is 12.1 Å². The van der Waals surface area contributed by atoms with Crippen LogP contribution >= 0.6 is 11.6 Å². The van der Waals surface area contributed by atoms with Gasteiger partial charge in [0.1, 0.15) is 5.69 Å². The van der Waals surface area contributed by atoms with E-state index in [4.69, 9.17) is 11.6 Å². The number of alkyl halides is 3. The first-order valence-corrected chi connectivity index (χ1v) is 7.25. The number of aromatic nitrogens is 2. The number of rotatable bonds is 3. The molecule has 25 heavy (non-hydrogen) atoms. The number of carbonyl (C=O) groups is 1. The molecule has 0 radical (unpaired) electrons. The molecule has 0 aromatic carbocycles. The molecule has 0 unspecified atom stereocenters. The molecule has 0 saturated heterocycles. The van der Waals surface area contributed by atoms with Crippen molar-refractivity contribution >= 4 is 23.4 Å². The number of halogens is 4. The van der Waals surface area contributed by atoms with E-state index in [1.807, 2.05) is 0 Å². The molecule has 0 bridgehead atoms. The molecule has 0 spiro atoms. The predicted molar refractivity (Wildman–Crippen MR) is 83.6 cm³/mol. The standard InChI is InChI=1S/C15H12ClF3N4O2/c1-9(24)25-23-14(22-7-10-3-2-4-20-6-10)13-12(16)5-11(8-21-13)15(17,18)19/h2-6,8H,7H2,1H3,(H,22,23). The lowest BCUT2D eigenvalue weighted by Crippen LogP contribution is -2.28. The third-order valence-corrected chi connectivity index (χ3v) is 3.11. The largest absolute Gasteiger partial charge is 0.417 e. The van der Waals surface area contributed by atoms with E-state index in [0.717, 1.165) is 18.6 Å². The average molecular weight is 373 g/mol. The summed E-state index contributed by atoms with van der Waals surface area (Å²) in [5, 5.41) is -0.292. The van der Waals surface area contributed by atoms with Crippen LogP contribution in [-0.2, 0) is 22.4 Å². The fourth-order valence-electron chi connectivity index (χ4n) is 1.70. The summed E-state index contributed by atoms with van der Waals surface area (Å²) in [5.74, 6) is -0.755. The first kappa shape index (κ1) is 18.7. The summed E-state index contributed by atoms with van der Waals surface area (Å²) >= 11 is 5.89. The quantitative estimate of drug-likeness (QED) is 0.509. The molecule has 0 aliphatic rings. The number of pyridine rings is 2. The zero-order valence-corrected chi connectivity index (χ0v) is 13.6. The zero-order chi connectivity index (χ0) is 18.4. The topological polar surface area (TPSA) is 76.5 Å². The Kier molecular flexibility index (Phi) is 5.92. The summed E-state index contributed by atoms with van der Waals surface area (Å²) in [5.41, 5.74) is 1.90. The highest BCUT2D eigenvalue weighted by molar-refractivity contribution is 6.33. The minimum absolute atomic E-state index is 0.0835. The number of hydrogen-bond donors (Lipinski definition) is 1. The van der Waals surface area contributed by atoms with Crippen LogP contribution in [0.1, 0.15) is 23.7 Å². The third kappa shape index (κ3) is 5.42. The Morgan fingerprint density at radius 3 is 2.72 bits per heavy atom. The van der Waals surface area contributed by atoms with Crippen molar-refractivity contribution in [3.63, 3.8) is 0 Å². The Hall–Kier alpha value is -2.68. The predicted octanol–water partition coefficient (Wildman–Crippen LogP) is 3.16. The molecule has 0 aliphatic heterocycles. The summed E-state index contributed by atoms with van der Waals surface area (Å²) in [7, 11) is 0. The highest BCUT2D eigenvalue weighted by atomic mass is 35.5. The van der Waals surface area contributed by atoms with Gasteiger partial charge < -0.3 is 4.84 Å². The van der Waals surface area contributed by atoms with Gasteiger partial charge in [-0.25, -0.2) is 0 Å². The van der Waals surface area contributed by atoms with Crippen LogP contribution in [0.2, 0.25) is 5.02 Å². The molecule has 1 N–H and O–H groups in total. The minimum Gasteiger partial charge on any atom is -0.342 e. The summed E-state index contributed by atoms with van der Waals surface area (Å²) < 4.78 is 38.1. The van der Waals surface area contributed by atoms with Gasteiger partial charge in [0, 0.05) is 25.5 Å². The number of nitrogens with one attached hydrogen (secondary N) is 1. The molecule has 2 aromatic heterocycles. The molecular weight excluding hydrogens is 361 g/mol. The molecule has 0 saturated carbocycles. The maximum absolute atomic E-state index is 12.7. The molecule has 0 fully saturated rings. The summed E-state index contributed by atoms with van der Waals surface area (Å²) in [6.45, 7) is 1.27. The van der Waals surface area contributed by atoms with Crippen LogP contribution in [0.4, 0.5) is 13.2 Å². The van der Waals surface area contributed by atoms with Crippen LogP contribution in [0, 0.1) is 0 Å². The van der Waals surface area contributed by atoms with Gasteiger partial charge in [0.2, 0.25) is 0 Å². The van der Waals surface area contributed by atoms with Crippen molar-refractivity contribution in [3.05, 3.63) is 58.6 Å². The van der Waals surface area contributed by atoms with Crippen molar-refractivity contribution in [2.75, 3.05) is 0 Å². The Labute approximate surface area is 145 Å². The Balaban J connectivity index is 2.33. The second-order valence-electron chi connectivity index (χ2n) is 4.77. The first-order valence-electron chi connectivity index (χ1n) is 6.87. The van der Waals surface area contributed by atoms with E-state index < -0.39 is 17.7 Å². The second-order valence-corrected chi connectivity index (χ2v) is 5.18. The van der Waals surface area contributed by atoms with Crippen molar-refractivity contribution in [1.29, 1.82) is 0 Å². The number of hydroxylamine groups is 1. The van der Waals surface area contributed by atoms with Gasteiger partial charge in [-0.3, -0.25) is 19.8 Å². The molecule has 2 aromatic rings. The Morgan fingerprint density at radius 2 is 2.16 bits per heavy atom. The van der Waals surface area contributed by atoms with Gasteiger partial charge in [-0.2, -0.15) is 18.7 Å². The molecular formula is C15H12ClF3N4O2. The fraction of sp³-hybridized carbons (Fsp3) is 0.200. The summed E-state index contributed by atoms with van der Waals surface area (Å²) in [6.07, 6.45) is -0.810. The van der Waals surface area contributed by atoms with Crippen LogP contribution in [-0.4, -0.2) is 21.8 Å². The fourth-order valence-corrected chi connectivity index (χ4v) is 1.96. The Morgan fingerprint density at radius 1 is 1.40 bits per heavy atom. The van der Waals surface area contributed by atoms with Gasteiger partial charge in [0.15, 0.2) is 5.84 Å². The lowest BCUT2D eigenvalue weighted by molar-refractivity contribution is -0.145. The zero-order valence-electron chi connectivity index (χ0n) is 12.8. The molecule has 132 valence electrons. The van der Waals surface area contributed by atoms with E-state index in [2.05, 4.69) is 25.3 Å². The van der Waals surface area contributed by atoms with Crippen molar-refractivity contribution in [2.45, 2.75) is 19.6 Å². The molecule has 2 rings (SSSR count). The monoisotopic (exact) mass is 372 g/mol. The van der Waals surface area contributed by atoms with Crippen molar-refractivity contribution < 1.29 is 22.8 Å². The molecule has 0 atom stereocenters. The van der Waals surface area contributed by atoms with Gasteiger partial charge in [-0.1, -0.05) is 17.7 Å². The maximum atomic E-state index is 12.7. The summed E-state index contributed by atoms with van der Waals surface area (Å²) in [4.78, 5) is 27.4. The molecule has 6 nitrogen and oxygen atoms in total. The number of carbonyl (C=O) groups excluding carboxylic acids is 1. The van der Waals surface area contributed by atoms with Crippen LogP contribution in [0.25, 0.3) is 0 Å². The van der Waals surface area contributed by atoms with Gasteiger partial charge in [0.25, 0.3) is 0 Å². The van der Waals surface area contributed by atoms with Crippen LogP contribution < -0.4 is 5.48 Å². The lowest BCUT2D eigenvalue weighted by Gasteiger charge is -2.12. The van der Waals surface area contributed by atoms with Crippen molar-refractivity contribution in [2.24, 2.45) is 4.99 Å². The molecule has 0 amide bonds. The normalized spacial score (nSPS) is 12.0. The molecule has 0 aliphatic carbocycles. The molecule has 10 heteroatoms. The van der Waals surface area contributed by atoms with Gasteiger partial charge in [-0.15, -0.1) is 0 Å². The lowest BCUT2D eigenvalue weighted by atomic mass is 10.2.